The van der Waals surface area contributed by atoms with Crippen LogP contribution in [0, 0.1) is 17.1 Å². The van der Waals surface area contributed by atoms with Crippen molar-refractivity contribution in [2.75, 3.05) is 0 Å². The number of rotatable bonds is 2. The number of hydrogen-bond acceptors (Lipinski definition) is 3. The summed E-state index contributed by atoms with van der Waals surface area (Å²) in [7, 11) is 0. The van der Waals surface area contributed by atoms with Crippen molar-refractivity contribution >= 4 is 0 Å². The molecule has 0 aliphatic carbocycles. The minimum atomic E-state index is -1.03. The molecule has 0 fully saturated rings. The maximum absolute atomic E-state index is 12.8. The molecule has 4 heteroatoms. The second-order valence-corrected chi connectivity index (χ2v) is 2.56. The molecular weight excluding hydrogens is 173 g/mol. The molecule has 68 valence electrons. The number of nitrogens with zero attached hydrogens (tertiary/aromatic N) is 1. The van der Waals surface area contributed by atoms with Crippen molar-refractivity contribution in [3.63, 3.8) is 0 Å². The summed E-state index contributed by atoms with van der Waals surface area (Å²) in [6.45, 7) is 0. The van der Waals surface area contributed by atoms with Gasteiger partial charge in [0, 0.05) is 6.42 Å². The van der Waals surface area contributed by atoms with Gasteiger partial charge >= 0.3 is 0 Å². The Hall–Kier alpha value is -1.76. The number of phenolic OH excluding ortho intramolecular Hbond substituents is 2. The van der Waals surface area contributed by atoms with Gasteiger partial charge in [0.25, 0.3) is 0 Å². The summed E-state index contributed by atoms with van der Waals surface area (Å²) in [6.07, 6.45) is 0.483. The van der Waals surface area contributed by atoms with E-state index in [0.717, 1.165) is 6.07 Å². The minimum absolute atomic E-state index is 0.206. The number of phenols is 2. The lowest BCUT2D eigenvalue weighted by Gasteiger charge is -2.03. The Labute approximate surface area is 74.7 Å². The summed E-state index contributed by atoms with van der Waals surface area (Å²) >= 11 is 0. The smallest absolute Gasteiger partial charge is 0.206 e. The van der Waals surface area contributed by atoms with Crippen LogP contribution in [0.15, 0.2) is 12.1 Å². The van der Waals surface area contributed by atoms with Gasteiger partial charge in [-0.25, -0.2) is 0 Å². The van der Waals surface area contributed by atoms with Crippen LogP contribution >= 0.6 is 0 Å². The first-order valence-electron chi connectivity index (χ1n) is 3.73. The van der Waals surface area contributed by atoms with Crippen molar-refractivity contribution in [3.8, 4) is 17.6 Å². The van der Waals surface area contributed by atoms with Gasteiger partial charge in [-0.1, -0.05) is 6.07 Å². The molecule has 0 bridgehead atoms. The van der Waals surface area contributed by atoms with Gasteiger partial charge in [0.15, 0.2) is 11.5 Å². The van der Waals surface area contributed by atoms with Crippen LogP contribution in [0.2, 0.25) is 0 Å². The molecule has 0 aliphatic rings. The highest BCUT2D eigenvalue weighted by molar-refractivity contribution is 5.41. The van der Waals surface area contributed by atoms with Gasteiger partial charge in [-0.3, -0.25) is 0 Å². The summed E-state index contributed by atoms with van der Waals surface area (Å²) in [6, 6.07) is 4.43. The molecule has 0 aliphatic heterocycles. The Kier molecular flexibility index (Phi) is 2.70. The minimum Gasteiger partial charge on any atom is -0.505 e. The number of hydrogen-bond donors (Lipinski definition) is 2. The second-order valence-electron chi connectivity index (χ2n) is 2.56. The zero-order valence-electron chi connectivity index (χ0n) is 6.79. The third kappa shape index (κ3) is 1.88. The van der Waals surface area contributed by atoms with Crippen LogP contribution in [0.25, 0.3) is 0 Å². The van der Waals surface area contributed by atoms with Crippen molar-refractivity contribution in [2.45, 2.75) is 12.8 Å². The van der Waals surface area contributed by atoms with E-state index in [2.05, 4.69) is 0 Å². The maximum atomic E-state index is 12.8. The van der Waals surface area contributed by atoms with E-state index < -0.39 is 17.3 Å². The normalized spacial score (nSPS) is 9.54. The zero-order chi connectivity index (χ0) is 9.84. The van der Waals surface area contributed by atoms with Crippen LogP contribution in [0.1, 0.15) is 12.0 Å². The molecule has 1 rings (SSSR count). The fraction of sp³-hybridized carbons (Fsp3) is 0.222. The molecule has 3 nitrogen and oxygen atoms in total. The Balaban J connectivity index is 2.98. The highest BCUT2D eigenvalue weighted by Gasteiger charge is 2.10. The van der Waals surface area contributed by atoms with E-state index in [4.69, 9.17) is 15.5 Å². The molecule has 0 unspecified atom stereocenters. The first kappa shape index (κ1) is 9.33. The molecule has 2 N–H and O–H groups in total. The Morgan fingerprint density at radius 2 is 2.08 bits per heavy atom. The maximum Gasteiger partial charge on any atom is 0.206 e. The van der Waals surface area contributed by atoms with Crippen molar-refractivity contribution in [3.05, 3.63) is 23.5 Å². The number of halogens is 1. The highest BCUT2D eigenvalue weighted by Crippen LogP contribution is 2.28. The lowest BCUT2D eigenvalue weighted by atomic mass is 10.1. The molecule has 0 saturated carbocycles. The Bertz CT molecular complexity index is 357. The van der Waals surface area contributed by atoms with Crippen LogP contribution < -0.4 is 0 Å². The van der Waals surface area contributed by atoms with Crippen molar-refractivity contribution in [2.24, 2.45) is 0 Å². The average Bonchev–Trinajstić information content (AvgIpc) is 2.13. The summed E-state index contributed by atoms with van der Waals surface area (Å²) in [4.78, 5) is 0. The summed E-state index contributed by atoms with van der Waals surface area (Å²) in [5.74, 6) is -2.19. The molecule has 13 heavy (non-hydrogen) atoms. The van der Waals surface area contributed by atoms with Crippen LogP contribution in [-0.4, -0.2) is 10.2 Å². The first-order valence-corrected chi connectivity index (χ1v) is 3.73. The number of benzene rings is 1. The molecule has 1 aromatic carbocycles. The number of nitriles is 1. The monoisotopic (exact) mass is 181 g/mol. The van der Waals surface area contributed by atoms with Gasteiger partial charge < -0.3 is 10.2 Å². The van der Waals surface area contributed by atoms with Gasteiger partial charge in [0.1, 0.15) is 0 Å². The fourth-order valence-electron chi connectivity index (χ4n) is 0.986. The van der Waals surface area contributed by atoms with E-state index in [1.807, 2.05) is 6.07 Å². The van der Waals surface area contributed by atoms with E-state index in [-0.39, 0.29) is 12.8 Å². The topological polar surface area (TPSA) is 64.2 Å². The Morgan fingerprint density at radius 1 is 1.38 bits per heavy atom. The van der Waals surface area contributed by atoms with Crippen molar-refractivity contribution < 1.29 is 14.6 Å². The van der Waals surface area contributed by atoms with E-state index in [1.54, 1.807) is 0 Å². The molecule has 0 spiro atoms. The van der Waals surface area contributed by atoms with Gasteiger partial charge in [-0.15, -0.1) is 0 Å². The number of aromatic hydroxyl groups is 2. The lowest BCUT2D eigenvalue weighted by Crippen LogP contribution is -1.88. The Morgan fingerprint density at radius 3 is 2.69 bits per heavy atom. The van der Waals surface area contributed by atoms with Gasteiger partial charge in [0.2, 0.25) is 5.82 Å². The predicted octanol–water partition coefficient (Wildman–Crippen LogP) is 1.69. The quantitative estimate of drug-likeness (QED) is 0.729. The van der Waals surface area contributed by atoms with E-state index in [1.165, 1.54) is 6.07 Å². The van der Waals surface area contributed by atoms with Crippen LogP contribution in [0.3, 0.4) is 0 Å². The molecule has 0 atom stereocenters. The highest BCUT2D eigenvalue weighted by atomic mass is 19.1. The summed E-state index contributed by atoms with van der Waals surface area (Å²) < 4.78 is 12.8. The number of aryl methyl sites for hydroxylation is 1. The summed E-state index contributed by atoms with van der Waals surface area (Å²) in [5.41, 5.74) is 0.330. The predicted molar refractivity (Wildman–Crippen MR) is 43.7 cm³/mol. The van der Waals surface area contributed by atoms with Crippen LogP contribution in [-0.2, 0) is 6.42 Å². The first-order chi connectivity index (χ1) is 6.16. The standard InChI is InChI=1S/C9H8FNO2/c10-8-7(12)4-3-6(9(8)13)2-1-5-11/h3-4,12-13H,1-2H2. The largest absolute Gasteiger partial charge is 0.505 e. The third-order valence-electron chi connectivity index (χ3n) is 1.69. The van der Waals surface area contributed by atoms with E-state index >= 15 is 0 Å². The van der Waals surface area contributed by atoms with E-state index in [0.29, 0.717) is 5.56 Å². The second kappa shape index (κ2) is 3.76. The van der Waals surface area contributed by atoms with Gasteiger partial charge in [0.05, 0.1) is 6.07 Å². The van der Waals surface area contributed by atoms with Crippen molar-refractivity contribution in [1.82, 2.24) is 0 Å². The molecule has 0 aromatic heterocycles. The molecular formula is C9H8FNO2. The molecule has 0 amide bonds. The van der Waals surface area contributed by atoms with Gasteiger partial charge in [-0.2, -0.15) is 9.65 Å². The van der Waals surface area contributed by atoms with Crippen LogP contribution in [0.5, 0.6) is 11.5 Å². The van der Waals surface area contributed by atoms with Crippen LogP contribution in [0.4, 0.5) is 4.39 Å². The summed E-state index contributed by atoms with van der Waals surface area (Å²) in [5, 5.41) is 26.3. The van der Waals surface area contributed by atoms with E-state index in [9.17, 15) is 4.39 Å². The van der Waals surface area contributed by atoms with Crippen molar-refractivity contribution in [1.29, 1.82) is 5.26 Å². The average molecular weight is 181 g/mol. The zero-order valence-corrected chi connectivity index (χ0v) is 6.79. The SMILES string of the molecule is N#CCCc1ccc(O)c(F)c1O. The lowest BCUT2D eigenvalue weighted by molar-refractivity contribution is 0.385. The molecule has 0 heterocycles. The molecule has 0 radical (unpaired) electrons. The molecule has 0 saturated heterocycles. The fourth-order valence-corrected chi connectivity index (χ4v) is 0.986. The molecule has 1 aromatic rings. The van der Waals surface area contributed by atoms with Gasteiger partial charge in [-0.05, 0) is 18.1 Å². The third-order valence-corrected chi connectivity index (χ3v) is 1.69.